The topological polar surface area (TPSA) is 12.0 Å². The highest BCUT2D eigenvalue weighted by Gasteiger charge is 2.19. The van der Waals surface area contributed by atoms with Crippen LogP contribution in [0.2, 0.25) is 0 Å². The van der Waals surface area contributed by atoms with Crippen LogP contribution in [-0.2, 0) is 0 Å². The zero-order valence-corrected chi connectivity index (χ0v) is 9.31. The molecule has 0 amide bonds. The van der Waals surface area contributed by atoms with Crippen molar-refractivity contribution in [3.63, 3.8) is 0 Å². The van der Waals surface area contributed by atoms with E-state index in [-0.39, 0.29) is 0 Å². The summed E-state index contributed by atoms with van der Waals surface area (Å²) in [5.41, 5.74) is 0. The summed E-state index contributed by atoms with van der Waals surface area (Å²) in [6.45, 7) is 5.89. The van der Waals surface area contributed by atoms with E-state index in [9.17, 15) is 0 Å². The maximum atomic E-state index is 3.67. The summed E-state index contributed by atoms with van der Waals surface area (Å²) in [6, 6.07) is 0.844. The second-order valence-corrected chi connectivity index (χ2v) is 4.63. The van der Waals surface area contributed by atoms with Crippen molar-refractivity contribution in [1.29, 1.82) is 0 Å². The van der Waals surface area contributed by atoms with Gasteiger partial charge in [0.2, 0.25) is 0 Å². The largest absolute Gasteiger partial charge is 0.314 e. The molecule has 0 aliphatic heterocycles. The van der Waals surface area contributed by atoms with Crippen LogP contribution in [0.25, 0.3) is 0 Å². The second kappa shape index (κ2) is 6.42. The first-order chi connectivity index (χ1) is 6.33. The van der Waals surface area contributed by atoms with Crippen LogP contribution in [0.15, 0.2) is 0 Å². The number of nitrogens with one attached hydrogen (secondary N) is 1. The van der Waals surface area contributed by atoms with E-state index in [2.05, 4.69) is 19.2 Å². The third-order valence-corrected chi connectivity index (χ3v) is 3.16. The Morgan fingerprint density at radius 1 is 1.15 bits per heavy atom. The minimum atomic E-state index is 0.844. The quantitative estimate of drug-likeness (QED) is 0.623. The van der Waals surface area contributed by atoms with Crippen LogP contribution >= 0.6 is 0 Å². The van der Waals surface area contributed by atoms with Gasteiger partial charge in [0.25, 0.3) is 0 Å². The number of rotatable bonds is 6. The molecule has 2 atom stereocenters. The van der Waals surface area contributed by atoms with Gasteiger partial charge in [-0.25, -0.2) is 0 Å². The van der Waals surface area contributed by atoms with E-state index in [4.69, 9.17) is 0 Å². The molecule has 0 aromatic heterocycles. The van der Waals surface area contributed by atoms with Crippen molar-refractivity contribution in [1.82, 2.24) is 5.32 Å². The van der Waals surface area contributed by atoms with Gasteiger partial charge in [0, 0.05) is 6.04 Å². The van der Waals surface area contributed by atoms with Gasteiger partial charge in [-0.2, -0.15) is 0 Å². The lowest BCUT2D eigenvalue weighted by Crippen LogP contribution is -2.27. The molecule has 1 fully saturated rings. The molecule has 1 nitrogen and oxygen atoms in total. The molecule has 1 aliphatic carbocycles. The fraction of sp³-hybridized carbons (Fsp3) is 1.00. The highest BCUT2D eigenvalue weighted by molar-refractivity contribution is 4.77. The first kappa shape index (κ1) is 11.0. The first-order valence-electron chi connectivity index (χ1n) is 6.06. The Hall–Kier alpha value is -0.0400. The average Bonchev–Trinajstić information content (AvgIpc) is 2.51. The predicted octanol–water partition coefficient (Wildman–Crippen LogP) is 3.34. The SMILES string of the molecule is CCCCCCN[C@H]1CC[C@@H](C)C1. The molecule has 0 radical (unpaired) electrons. The van der Waals surface area contributed by atoms with Crippen LogP contribution in [-0.4, -0.2) is 12.6 Å². The van der Waals surface area contributed by atoms with E-state index in [1.54, 1.807) is 0 Å². The maximum Gasteiger partial charge on any atom is 0.00696 e. The Labute approximate surface area is 83.3 Å². The second-order valence-electron chi connectivity index (χ2n) is 4.63. The summed E-state index contributed by atoms with van der Waals surface area (Å²) in [5.74, 6) is 0.966. The van der Waals surface area contributed by atoms with Crippen LogP contribution in [0, 0.1) is 5.92 Å². The average molecular weight is 183 g/mol. The Balaban J connectivity index is 1.88. The summed E-state index contributed by atoms with van der Waals surface area (Å²) in [4.78, 5) is 0. The fourth-order valence-electron chi connectivity index (χ4n) is 2.25. The minimum absolute atomic E-state index is 0.844. The monoisotopic (exact) mass is 183 g/mol. The summed E-state index contributed by atoms with van der Waals surface area (Å²) in [6.07, 6.45) is 9.79. The Morgan fingerprint density at radius 3 is 2.62 bits per heavy atom. The van der Waals surface area contributed by atoms with Crippen LogP contribution in [0.1, 0.15) is 58.8 Å². The van der Waals surface area contributed by atoms with Crippen LogP contribution < -0.4 is 5.32 Å². The molecular weight excluding hydrogens is 158 g/mol. The molecule has 1 N–H and O–H groups in total. The van der Waals surface area contributed by atoms with Gasteiger partial charge in [-0.3, -0.25) is 0 Å². The van der Waals surface area contributed by atoms with Gasteiger partial charge in [-0.05, 0) is 38.1 Å². The predicted molar refractivity (Wildman–Crippen MR) is 58.9 cm³/mol. The molecule has 1 heteroatoms. The van der Waals surface area contributed by atoms with Gasteiger partial charge in [0.05, 0.1) is 0 Å². The highest BCUT2D eigenvalue weighted by Crippen LogP contribution is 2.24. The molecule has 0 unspecified atom stereocenters. The van der Waals surface area contributed by atoms with Crippen molar-refractivity contribution in [2.45, 2.75) is 64.8 Å². The number of hydrogen-bond donors (Lipinski definition) is 1. The Kier molecular flexibility index (Phi) is 5.45. The standard InChI is InChI=1S/C12H25N/c1-3-4-5-6-9-13-12-8-7-11(2)10-12/h11-13H,3-10H2,1-2H3/t11-,12+/m1/s1. The van der Waals surface area contributed by atoms with Crippen LogP contribution in [0.5, 0.6) is 0 Å². The minimum Gasteiger partial charge on any atom is -0.314 e. The van der Waals surface area contributed by atoms with Gasteiger partial charge < -0.3 is 5.32 Å². The van der Waals surface area contributed by atoms with E-state index in [0.717, 1.165) is 12.0 Å². The molecule has 13 heavy (non-hydrogen) atoms. The maximum absolute atomic E-state index is 3.67. The molecule has 0 heterocycles. The molecular formula is C12H25N. The third-order valence-electron chi connectivity index (χ3n) is 3.16. The van der Waals surface area contributed by atoms with Gasteiger partial charge >= 0.3 is 0 Å². The van der Waals surface area contributed by atoms with Crippen LogP contribution in [0.3, 0.4) is 0 Å². The Bertz CT molecular complexity index is 122. The highest BCUT2D eigenvalue weighted by atomic mass is 14.9. The van der Waals surface area contributed by atoms with Crippen molar-refractivity contribution in [3.8, 4) is 0 Å². The molecule has 0 bridgehead atoms. The number of hydrogen-bond acceptors (Lipinski definition) is 1. The fourth-order valence-corrected chi connectivity index (χ4v) is 2.25. The molecule has 1 saturated carbocycles. The van der Waals surface area contributed by atoms with E-state index in [0.29, 0.717) is 0 Å². The van der Waals surface area contributed by atoms with Crippen molar-refractivity contribution >= 4 is 0 Å². The Morgan fingerprint density at radius 2 is 2.00 bits per heavy atom. The van der Waals surface area contributed by atoms with Gasteiger partial charge in [0.15, 0.2) is 0 Å². The van der Waals surface area contributed by atoms with E-state index in [1.165, 1.54) is 51.5 Å². The summed E-state index contributed by atoms with van der Waals surface area (Å²) >= 11 is 0. The third kappa shape index (κ3) is 4.66. The summed E-state index contributed by atoms with van der Waals surface area (Å²) < 4.78 is 0. The van der Waals surface area contributed by atoms with Gasteiger partial charge in [-0.15, -0.1) is 0 Å². The van der Waals surface area contributed by atoms with Crippen molar-refractivity contribution in [3.05, 3.63) is 0 Å². The van der Waals surface area contributed by atoms with Gasteiger partial charge in [-0.1, -0.05) is 33.1 Å². The van der Waals surface area contributed by atoms with Crippen molar-refractivity contribution in [2.24, 2.45) is 5.92 Å². The molecule has 1 rings (SSSR count). The molecule has 0 saturated heterocycles. The lowest BCUT2D eigenvalue weighted by Gasteiger charge is -2.11. The lowest BCUT2D eigenvalue weighted by molar-refractivity contribution is 0.486. The zero-order chi connectivity index (χ0) is 9.52. The zero-order valence-electron chi connectivity index (χ0n) is 9.31. The molecule has 78 valence electrons. The number of unbranched alkanes of at least 4 members (excludes halogenated alkanes) is 3. The first-order valence-corrected chi connectivity index (χ1v) is 6.06. The molecule has 0 spiro atoms. The lowest BCUT2D eigenvalue weighted by atomic mass is 10.1. The van der Waals surface area contributed by atoms with Crippen molar-refractivity contribution in [2.75, 3.05) is 6.54 Å². The van der Waals surface area contributed by atoms with E-state index < -0.39 is 0 Å². The normalized spacial score (nSPS) is 28.2. The van der Waals surface area contributed by atoms with Crippen LogP contribution in [0.4, 0.5) is 0 Å². The van der Waals surface area contributed by atoms with E-state index >= 15 is 0 Å². The molecule has 0 aromatic carbocycles. The molecule has 0 aromatic rings. The van der Waals surface area contributed by atoms with Crippen molar-refractivity contribution < 1.29 is 0 Å². The van der Waals surface area contributed by atoms with E-state index in [1.807, 2.05) is 0 Å². The smallest absolute Gasteiger partial charge is 0.00696 e. The van der Waals surface area contributed by atoms with Gasteiger partial charge in [0.1, 0.15) is 0 Å². The summed E-state index contributed by atoms with van der Waals surface area (Å²) in [5, 5.41) is 3.67. The molecule has 1 aliphatic rings. The summed E-state index contributed by atoms with van der Waals surface area (Å²) in [7, 11) is 0.